The Balaban J connectivity index is 0.000000829. The Bertz CT molecular complexity index is 716. The quantitative estimate of drug-likeness (QED) is 0.466. The molecule has 2 rings (SSSR count). The number of nitrogens with two attached hydrogens (primary N) is 1. The van der Waals surface area contributed by atoms with E-state index in [9.17, 15) is 9.18 Å². The molecule has 2 aromatic rings. The summed E-state index contributed by atoms with van der Waals surface area (Å²) in [6.45, 7) is 7.00. The van der Waals surface area contributed by atoms with Crippen molar-refractivity contribution in [1.29, 1.82) is 10.5 Å². The molecule has 20 heavy (non-hydrogen) atoms. The SMILES string of the molecule is C#N.C#N.Cn1c(=O)n(C)c2cc(C=NN)c(F)cc21. The van der Waals surface area contributed by atoms with Crippen molar-refractivity contribution < 1.29 is 4.39 Å². The van der Waals surface area contributed by atoms with Crippen LogP contribution in [-0.4, -0.2) is 15.3 Å². The van der Waals surface area contributed by atoms with E-state index >= 15 is 0 Å². The third-order valence-electron chi connectivity index (χ3n) is 2.60. The van der Waals surface area contributed by atoms with Crippen LogP contribution in [0.4, 0.5) is 4.39 Å². The highest BCUT2D eigenvalue weighted by molar-refractivity contribution is 5.87. The maximum absolute atomic E-state index is 13.6. The summed E-state index contributed by atoms with van der Waals surface area (Å²) in [5, 5.41) is 16.3. The van der Waals surface area contributed by atoms with Gasteiger partial charge in [0.15, 0.2) is 0 Å². The van der Waals surface area contributed by atoms with Gasteiger partial charge in [-0.05, 0) is 6.07 Å². The topological polar surface area (TPSA) is 113 Å². The number of halogens is 1. The predicted molar refractivity (Wildman–Crippen MR) is 73.2 cm³/mol. The number of benzene rings is 1. The smallest absolute Gasteiger partial charge is 0.323 e. The fourth-order valence-corrected chi connectivity index (χ4v) is 1.72. The van der Waals surface area contributed by atoms with Gasteiger partial charge in [-0.2, -0.15) is 5.10 Å². The Kier molecular flexibility index (Phi) is 6.19. The molecule has 0 aliphatic rings. The van der Waals surface area contributed by atoms with Crippen LogP contribution in [0.1, 0.15) is 5.56 Å². The van der Waals surface area contributed by atoms with Crippen LogP contribution in [0.25, 0.3) is 11.0 Å². The van der Waals surface area contributed by atoms with E-state index in [0.29, 0.717) is 11.0 Å². The van der Waals surface area contributed by atoms with Gasteiger partial charge < -0.3 is 5.84 Å². The summed E-state index contributed by atoms with van der Waals surface area (Å²) in [7, 11) is 3.23. The van der Waals surface area contributed by atoms with Crippen molar-refractivity contribution in [3.8, 4) is 13.1 Å². The minimum absolute atomic E-state index is 0.198. The molecule has 7 nitrogen and oxygen atoms in total. The van der Waals surface area contributed by atoms with Gasteiger partial charge in [0.05, 0.1) is 17.2 Å². The standard InChI is InChI=1S/C10H11FN4O.2CHN/c1-14-8-3-6(5-13-12)7(11)4-9(8)15(2)10(14)16;2*1-2/h3-5H,12H2,1-2H3;2*1H. The Morgan fingerprint density at radius 3 is 2.10 bits per heavy atom. The van der Waals surface area contributed by atoms with Gasteiger partial charge >= 0.3 is 5.69 Å². The first-order valence-electron chi connectivity index (χ1n) is 5.16. The number of nitrogens with zero attached hydrogens (tertiary/aromatic N) is 5. The zero-order valence-corrected chi connectivity index (χ0v) is 11.0. The second-order valence-electron chi connectivity index (χ2n) is 3.54. The molecule has 0 saturated carbocycles. The lowest BCUT2D eigenvalue weighted by atomic mass is 10.2. The number of fused-ring (bicyclic) bond motifs is 1. The molecule has 0 unspecified atom stereocenters. The van der Waals surface area contributed by atoms with Gasteiger partial charge in [-0.3, -0.25) is 9.13 Å². The number of rotatable bonds is 1. The lowest BCUT2D eigenvalue weighted by Gasteiger charge is -1.99. The van der Waals surface area contributed by atoms with Crippen LogP contribution in [0.15, 0.2) is 22.0 Å². The normalized spacial score (nSPS) is 9.55. The number of hydrogen-bond acceptors (Lipinski definition) is 5. The van der Waals surface area contributed by atoms with Gasteiger partial charge in [0.1, 0.15) is 5.82 Å². The molecule has 0 fully saturated rings. The van der Waals surface area contributed by atoms with Gasteiger partial charge in [0, 0.05) is 38.9 Å². The molecule has 0 aliphatic heterocycles. The molecule has 0 bridgehead atoms. The summed E-state index contributed by atoms with van der Waals surface area (Å²) < 4.78 is 16.4. The predicted octanol–water partition coefficient (Wildman–Crippen LogP) is 0.588. The molecule has 0 spiro atoms. The van der Waals surface area contributed by atoms with Crippen LogP contribution in [0.5, 0.6) is 0 Å². The summed E-state index contributed by atoms with van der Waals surface area (Å²) in [5.74, 6) is 4.52. The zero-order chi connectivity index (χ0) is 15.9. The Hall–Kier alpha value is -3.13. The molecule has 1 heterocycles. The number of hydrogen-bond donors (Lipinski definition) is 1. The number of aromatic nitrogens is 2. The molecule has 104 valence electrons. The van der Waals surface area contributed by atoms with Gasteiger partial charge in [0.25, 0.3) is 0 Å². The molecular formula is C12H13FN6O. The second-order valence-corrected chi connectivity index (χ2v) is 3.54. The first kappa shape index (κ1) is 16.9. The highest BCUT2D eigenvalue weighted by Crippen LogP contribution is 2.16. The highest BCUT2D eigenvalue weighted by Gasteiger charge is 2.11. The second kappa shape index (κ2) is 7.34. The minimum atomic E-state index is -0.456. The number of nitriles is 2. The highest BCUT2D eigenvalue weighted by atomic mass is 19.1. The van der Waals surface area contributed by atoms with Crippen LogP contribution in [-0.2, 0) is 14.1 Å². The number of aryl methyl sites for hydroxylation is 2. The van der Waals surface area contributed by atoms with Crippen LogP contribution < -0.4 is 11.5 Å². The van der Waals surface area contributed by atoms with E-state index in [0.717, 1.165) is 0 Å². The van der Waals surface area contributed by atoms with E-state index in [4.69, 9.17) is 16.4 Å². The zero-order valence-electron chi connectivity index (χ0n) is 11.0. The molecule has 8 heteroatoms. The molecule has 0 aliphatic carbocycles. The maximum Gasteiger partial charge on any atom is 0.328 e. The fourth-order valence-electron chi connectivity index (χ4n) is 1.72. The van der Waals surface area contributed by atoms with Crippen molar-refractivity contribution >= 4 is 17.2 Å². The van der Waals surface area contributed by atoms with Gasteiger partial charge in [0.2, 0.25) is 0 Å². The summed E-state index contributed by atoms with van der Waals surface area (Å²) in [5.41, 5.74) is 1.25. The molecule has 0 radical (unpaired) electrons. The first-order valence-corrected chi connectivity index (χ1v) is 5.16. The van der Waals surface area contributed by atoms with E-state index < -0.39 is 5.82 Å². The lowest BCUT2D eigenvalue weighted by Crippen LogP contribution is -2.19. The van der Waals surface area contributed by atoms with E-state index in [1.807, 2.05) is 0 Å². The van der Waals surface area contributed by atoms with Crippen LogP contribution in [0.3, 0.4) is 0 Å². The average Bonchev–Trinajstić information content (AvgIpc) is 2.69. The Morgan fingerprint density at radius 1 is 1.20 bits per heavy atom. The van der Waals surface area contributed by atoms with Crippen molar-refractivity contribution in [2.45, 2.75) is 0 Å². The number of imidazole rings is 1. The van der Waals surface area contributed by atoms with Crippen LogP contribution >= 0.6 is 0 Å². The minimum Gasteiger partial charge on any atom is -0.323 e. The third-order valence-corrected chi connectivity index (χ3v) is 2.60. The molecule has 1 aromatic carbocycles. The van der Waals surface area contributed by atoms with Crippen molar-refractivity contribution in [3.05, 3.63) is 34.0 Å². The Labute approximate surface area is 114 Å². The monoisotopic (exact) mass is 276 g/mol. The van der Waals surface area contributed by atoms with E-state index in [1.54, 1.807) is 20.2 Å². The fraction of sp³-hybridized carbons (Fsp3) is 0.167. The largest absolute Gasteiger partial charge is 0.328 e. The third kappa shape index (κ3) is 2.82. The molecule has 2 N–H and O–H groups in total. The molecule has 0 saturated heterocycles. The molecular weight excluding hydrogens is 263 g/mol. The summed E-state index contributed by atoms with van der Waals surface area (Å²) in [4.78, 5) is 11.6. The van der Waals surface area contributed by atoms with Crippen LogP contribution in [0.2, 0.25) is 0 Å². The molecule has 1 aromatic heterocycles. The average molecular weight is 276 g/mol. The van der Waals surface area contributed by atoms with E-state index in [1.165, 1.54) is 21.4 Å². The van der Waals surface area contributed by atoms with E-state index in [2.05, 4.69) is 18.2 Å². The van der Waals surface area contributed by atoms with Crippen molar-refractivity contribution in [2.24, 2.45) is 25.0 Å². The Morgan fingerprint density at radius 2 is 1.65 bits per heavy atom. The summed E-state index contributed by atoms with van der Waals surface area (Å²) in [6.07, 6.45) is 1.21. The molecule has 0 amide bonds. The van der Waals surface area contributed by atoms with Crippen molar-refractivity contribution in [3.63, 3.8) is 0 Å². The van der Waals surface area contributed by atoms with Gasteiger partial charge in [-0.25, -0.2) is 19.7 Å². The van der Waals surface area contributed by atoms with Gasteiger partial charge in [-0.15, -0.1) is 0 Å². The lowest BCUT2D eigenvalue weighted by molar-refractivity contribution is 0.627. The van der Waals surface area contributed by atoms with E-state index in [-0.39, 0.29) is 11.3 Å². The van der Waals surface area contributed by atoms with Crippen molar-refractivity contribution in [2.75, 3.05) is 0 Å². The number of hydrazone groups is 1. The first-order chi connectivity index (χ1) is 9.56. The summed E-state index contributed by atoms with van der Waals surface area (Å²) in [6, 6.07) is 2.84. The molecule has 0 atom stereocenters. The maximum atomic E-state index is 13.6. The van der Waals surface area contributed by atoms with Crippen LogP contribution in [0, 0.1) is 29.5 Å². The van der Waals surface area contributed by atoms with Gasteiger partial charge in [-0.1, -0.05) is 0 Å². The summed E-state index contributed by atoms with van der Waals surface area (Å²) >= 11 is 0. The van der Waals surface area contributed by atoms with Crippen molar-refractivity contribution in [1.82, 2.24) is 9.13 Å².